The highest BCUT2D eigenvalue weighted by Gasteiger charge is 2.41. The molecule has 0 aromatic heterocycles. The summed E-state index contributed by atoms with van der Waals surface area (Å²) >= 11 is 0. The molecule has 1 aliphatic rings. The van der Waals surface area contributed by atoms with E-state index in [0.717, 1.165) is 0 Å². The number of hydrogen-bond donors (Lipinski definition) is 1. The van der Waals surface area contributed by atoms with Crippen LogP contribution < -0.4 is 0 Å². The van der Waals surface area contributed by atoms with Gasteiger partial charge in [0.15, 0.2) is 0 Å². The zero-order chi connectivity index (χ0) is 13.0. The predicted octanol–water partition coefficient (Wildman–Crippen LogP) is 0.118. The van der Waals surface area contributed by atoms with Crippen LogP contribution in [-0.4, -0.2) is 36.9 Å². The molecule has 17 heavy (non-hydrogen) atoms. The van der Waals surface area contributed by atoms with Crippen LogP contribution in [0.3, 0.4) is 0 Å². The summed E-state index contributed by atoms with van der Waals surface area (Å²) in [6.07, 6.45) is 2.66. The summed E-state index contributed by atoms with van der Waals surface area (Å²) in [5, 5.41) is 9.13. The van der Waals surface area contributed by atoms with E-state index in [9.17, 15) is 14.4 Å². The van der Waals surface area contributed by atoms with Gasteiger partial charge in [0.05, 0.1) is 13.7 Å². The Bertz CT molecular complexity index is 358. The molecule has 0 aromatic carbocycles. The van der Waals surface area contributed by atoms with Crippen molar-refractivity contribution in [2.75, 3.05) is 13.7 Å². The average molecular weight is 240 g/mol. The first-order chi connectivity index (χ1) is 8.06. The van der Waals surface area contributed by atoms with Gasteiger partial charge in [0.1, 0.15) is 18.0 Å². The molecule has 1 N–H and O–H groups in total. The molecule has 1 rings (SSSR count). The summed E-state index contributed by atoms with van der Waals surface area (Å²) in [6.45, 7) is 1.17. The van der Waals surface area contributed by atoms with Gasteiger partial charge in [0.25, 0.3) is 0 Å². The molecular formula is C12H16O5. The normalized spacial score (nSPS) is 25.0. The Morgan fingerprint density at radius 2 is 2.29 bits per heavy atom. The minimum absolute atomic E-state index is 0.149. The SMILES string of the molecule is COC(=O)C(C=O)C1CC=C(CO)C1C(C)=O. The number of aliphatic hydroxyl groups is 1. The van der Waals surface area contributed by atoms with Crippen LogP contribution >= 0.6 is 0 Å². The maximum Gasteiger partial charge on any atom is 0.316 e. The van der Waals surface area contributed by atoms with Crippen LogP contribution in [0.5, 0.6) is 0 Å². The first kappa shape index (κ1) is 13.6. The summed E-state index contributed by atoms with van der Waals surface area (Å²) in [7, 11) is 1.21. The van der Waals surface area contributed by atoms with Crippen molar-refractivity contribution in [3.63, 3.8) is 0 Å². The maximum atomic E-state index is 11.5. The number of ether oxygens (including phenoxy) is 1. The molecule has 0 spiro atoms. The molecule has 0 saturated carbocycles. The molecule has 0 bridgehead atoms. The first-order valence-corrected chi connectivity index (χ1v) is 5.40. The van der Waals surface area contributed by atoms with Gasteiger partial charge < -0.3 is 14.6 Å². The Hall–Kier alpha value is -1.49. The smallest absolute Gasteiger partial charge is 0.316 e. The number of methoxy groups -OCH3 is 1. The summed E-state index contributed by atoms with van der Waals surface area (Å²) in [5.41, 5.74) is 0.582. The molecule has 1 aliphatic carbocycles. The Labute approximate surface area is 99.5 Å². The van der Waals surface area contributed by atoms with E-state index in [0.29, 0.717) is 18.3 Å². The number of ketones is 1. The van der Waals surface area contributed by atoms with Crippen molar-refractivity contribution in [3.8, 4) is 0 Å². The van der Waals surface area contributed by atoms with Crippen molar-refractivity contribution < 1.29 is 24.2 Å². The van der Waals surface area contributed by atoms with Gasteiger partial charge >= 0.3 is 5.97 Å². The van der Waals surface area contributed by atoms with Gasteiger partial charge in [-0.2, -0.15) is 0 Å². The Morgan fingerprint density at radius 1 is 1.65 bits per heavy atom. The van der Waals surface area contributed by atoms with E-state index >= 15 is 0 Å². The van der Waals surface area contributed by atoms with Gasteiger partial charge in [0.2, 0.25) is 0 Å². The Kier molecular flexibility index (Phi) is 4.57. The third-order valence-corrected chi connectivity index (χ3v) is 3.18. The van der Waals surface area contributed by atoms with Crippen molar-refractivity contribution in [2.45, 2.75) is 13.3 Å². The molecule has 5 nitrogen and oxygen atoms in total. The van der Waals surface area contributed by atoms with Crippen molar-refractivity contribution >= 4 is 18.0 Å². The van der Waals surface area contributed by atoms with Crippen LogP contribution in [0, 0.1) is 17.8 Å². The van der Waals surface area contributed by atoms with Crippen LogP contribution in [-0.2, 0) is 19.1 Å². The Balaban J connectivity index is 2.95. The standard InChI is InChI=1S/C12H16O5/c1-7(15)11-8(5-13)3-4-9(11)10(6-14)12(16)17-2/h3,6,9-11,13H,4-5H2,1-2H3. The number of esters is 1. The van der Waals surface area contributed by atoms with Gasteiger partial charge in [-0.15, -0.1) is 0 Å². The molecule has 5 heteroatoms. The second-order valence-electron chi connectivity index (χ2n) is 4.11. The van der Waals surface area contributed by atoms with Gasteiger partial charge in [-0.05, 0) is 24.8 Å². The number of aldehydes is 1. The van der Waals surface area contributed by atoms with E-state index < -0.39 is 23.7 Å². The van der Waals surface area contributed by atoms with Crippen molar-refractivity contribution in [1.82, 2.24) is 0 Å². The number of rotatable bonds is 5. The van der Waals surface area contributed by atoms with Crippen LogP contribution in [0.1, 0.15) is 13.3 Å². The molecule has 0 amide bonds. The van der Waals surface area contributed by atoms with E-state index in [1.807, 2.05) is 0 Å². The number of carbonyl (C=O) groups excluding carboxylic acids is 3. The third-order valence-electron chi connectivity index (χ3n) is 3.18. The Morgan fingerprint density at radius 3 is 2.71 bits per heavy atom. The summed E-state index contributed by atoms with van der Waals surface area (Å²) in [4.78, 5) is 33.9. The molecule has 0 saturated heterocycles. The zero-order valence-electron chi connectivity index (χ0n) is 9.88. The molecule has 0 heterocycles. The highest BCUT2D eigenvalue weighted by atomic mass is 16.5. The van der Waals surface area contributed by atoms with E-state index in [4.69, 9.17) is 5.11 Å². The third kappa shape index (κ3) is 2.61. The second kappa shape index (κ2) is 5.72. The van der Waals surface area contributed by atoms with E-state index in [2.05, 4.69) is 4.74 Å². The van der Waals surface area contributed by atoms with Crippen LogP contribution in [0.25, 0.3) is 0 Å². The lowest BCUT2D eigenvalue weighted by Crippen LogP contribution is -2.33. The largest absolute Gasteiger partial charge is 0.468 e. The highest BCUT2D eigenvalue weighted by molar-refractivity contribution is 5.90. The molecule has 0 fully saturated rings. The van der Waals surface area contributed by atoms with Crippen LogP contribution in [0.15, 0.2) is 11.6 Å². The number of Topliss-reactive ketones (excluding diaryl/α,β-unsaturated/α-hetero) is 1. The van der Waals surface area contributed by atoms with Crippen molar-refractivity contribution in [1.29, 1.82) is 0 Å². The summed E-state index contributed by atoms with van der Waals surface area (Å²) in [5.74, 6) is -2.73. The summed E-state index contributed by atoms with van der Waals surface area (Å²) in [6, 6.07) is 0. The first-order valence-electron chi connectivity index (χ1n) is 5.40. The number of hydrogen-bond acceptors (Lipinski definition) is 5. The van der Waals surface area contributed by atoms with Crippen molar-refractivity contribution in [3.05, 3.63) is 11.6 Å². The van der Waals surface area contributed by atoms with Crippen LogP contribution in [0.2, 0.25) is 0 Å². The van der Waals surface area contributed by atoms with Gasteiger partial charge in [-0.1, -0.05) is 6.08 Å². The molecule has 3 unspecified atom stereocenters. The predicted molar refractivity (Wildman–Crippen MR) is 59.0 cm³/mol. The molecule has 0 aliphatic heterocycles. The minimum Gasteiger partial charge on any atom is -0.468 e. The van der Waals surface area contributed by atoms with E-state index in [-0.39, 0.29) is 12.4 Å². The fraction of sp³-hybridized carbons (Fsp3) is 0.583. The quantitative estimate of drug-likeness (QED) is 0.319. The zero-order valence-corrected chi connectivity index (χ0v) is 9.88. The number of aliphatic hydroxyl groups excluding tert-OH is 1. The maximum absolute atomic E-state index is 11.5. The monoisotopic (exact) mass is 240 g/mol. The molecule has 0 aromatic rings. The molecule has 3 atom stereocenters. The lowest BCUT2D eigenvalue weighted by atomic mass is 9.80. The number of allylic oxidation sites excluding steroid dienone is 1. The molecule has 0 radical (unpaired) electrons. The average Bonchev–Trinajstić information content (AvgIpc) is 2.73. The topological polar surface area (TPSA) is 80.7 Å². The van der Waals surface area contributed by atoms with Crippen LogP contribution in [0.4, 0.5) is 0 Å². The van der Waals surface area contributed by atoms with Gasteiger partial charge in [-0.25, -0.2) is 0 Å². The lowest BCUT2D eigenvalue weighted by molar-refractivity contribution is -0.149. The second-order valence-corrected chi connectivity index (χ2v) is 4.11. The van der Waals surface area contributed by atoms with E-state index in [1.165, 1.54) is 14.0 Å². The van der Waals surface area contributed by atoms with Crippen molar-refractivity contribution in [2.24, 2.45) is 17.8 Å². The van der Waals surface area contributed by atoms with Gasteiger partial charge in [0, 0.05) is 5.92 Å². The lowest BCUT2D eigenvalue weighted by Gasteiger charge is -2.23. The fourth-order valence-corrected chi connectivity index (χ4v) is 2.37. The highest BCUT2D eigenvalue weighted by Crippen LogP contribution is 2.37. The molecular weight excluding hydrogens is 224 g/mol. The fourth-order valence-electron chi connectivity index (χ4n) is 2.37. The summed E-state index contributed by atoms with van der Waals surface area (Å²) < 4.78 is 4.55. The minimum atomic E-state index is -0.950. The van der Waals surface area contributed by atoms with Gasteiger partial charge in [-0.3, -0.25) is 9.59 Å². The van der Waals surface area contributed by atoms with E-state index in [1.54, 1.807) is 6.08 Å². The number of carbonyl (C=O) groups is 3. The molecule has 94 valence electrons.